The van der Waals surface area contributed by atoms with E-state index < -0.39 is 0 Å². The number of nitrogens with two attached hydrogens (primary N) is 2. The molecule has 0 spiro atoms. The molecule has 0 aromatic carbocycles. The molecule has 0 aliphatic rings. The lowest BCUT2D eigenvalue weighted by Crippen LogP contribution is -2.14. The van der Waals surface area contributed by atoms with Crippen molar-refractivity contribution in [2.24, 2.45) is 5.73 Å². The van der Waals surface area contributed by atoms with Gasteiger partial charge in [-0.1, -0.05) is 6.07 Å². The molecule has 2 rings (SSSR count). The van der Waals surface area contributed by atoms with Crippen LogP contribution in [0.5, 0.6) is 0 Å². The maximum absolute atomic E-state index is 6.07. The van der Waals surface area contributed by atoms with Crippen molar-refractivity contribution in [1.82, 2.24) is 9.97 Å². The minimum absolute atomic E-state index is 0.0970. The standard InChI is InChI=1S/C12H14N4/c13-11-3-5-16-8-10(11)6-12(14)9-2-1-4-15-7-9/h1-5,7-8,12H,6,14H2,(H2,13,16). The molecule has 4 nitrogen and oxygen atoms in total. The van der Waals surface area contributed by atoms with Crippen molar-refractivity contribution < 1.29 is 0 Å². The van der Waals surface area contributed by atoms with Gasteiger partial charge in [-0.2, -0.15) is 0 Å². The number of nitrogens with zero attached hydrogens (tertiary/aromatic N) is 2. The van der Waals surface area contributed by atoms with Gasteiger partial charge in [-0.3, -0.25) is 9.97 Å². The van der Waals surface area contributed by atoms with Crippen molar-refractivity contribution in [2.45, 2.75) is 12.5 Å². The Morgan fingerprint density at radius 3 is 2.62 bits per heavy atom. The van der Waals surface area contributed by atoms with Crippen LogP contribution in [0.4, 0.5) is 5.69 Å². The summed E-state index contributed by atoms with van der Waals surface area (Å²) >= 11 is 0. The van der Waals surface area contributed by atoms with Gasteiger partial charge in [-0.05, 0) is 29.7 Å². The zero-order valence-electron chi connectivity index (χ0n) is 8.88. The molecule has 2 aromatic heterocycles. The first kappa shape index (κ1) is 10.6. The summed E-state index contributed by atoms with van der Waals surface area (Å²) in [6, 6.07) is 5.53. The van der Waals surface area contributed by atoms with Crippen LogP contribution in [-0.4, -0.2) is 9.97 Å². The fourth-order valence-corrected chi connectivity index (χ4v) is 1.56. The molecule has 0 saturated heterocycles. The van der Waals surface area contributed by atoms with E-state index in [1.165, 1.54) is 0 Å². The Morgan fingerprint density at radius 2 is 1.94 bits per heavy atom. The Morgan fingerprint density at radius 1 is 1.12 bits per heavy atom. The van der Waals surface area contributed by atoms with Gasteiger partial charge < -0.3 is 11.5 Å². The molecule has 0 saturated carbocycles. The molecule has 2 heterocycles. The summed E-state index contributed by atoms with van der Waals surface area (Å²) in [7, 11) is 0. The Balaban J connectivity index is 2.14. The Bertz CT molecular complexity index is 456. The van der Waals surface area contributed by atoms with Gasteiger partial charge in [0.05, 0.1) is 0 Å². The van der Waals surface area contributed by atoms with Crippen LogP contribution in [-0.2, 0) is 6.42 Å². The summed E-state index contributed by atoms with van der Waals surface area (Å²) < 4.78 is 0. The highest BCUT2D eigenvalue weighted by molar-refractivity contribution is 5.45. The summed E-state index contributed by atoms with van der Waals surface area (Å²) in [4.78, 5) is 8.08. The van der Waals surface area contributed by atoms with Crippen LogP contribution in [0.3, 0.4) is 0 Å². The molecule has 82 valence electrons. The molecule has 0 radical (unpaired) electrons. The summed E-state index contributed by atoms with van der Waals surface area (Å²) in [6.45, 7) is 0. The molecule has 1 unspecified atom stereocenters. The highest BCUT2D eigenvalue weighted by atomic mass is 14.7. The van der Waals surface area contributed by atoms with Crippen LogP contribution in [0.15, 0.2) is 43.0 Å². The second-order valence-corrected chi connectivity index (χ2v) is 3.67. The number of anilines is 1. The highest BCUT2D eigenvalue weighted by Gasteiger charge is 2.08. The second kappa shape index (κ2) is 4.72. The number of rotatable bonds is 3. The lowest BCUT2D eigenvalue weighted by molar-refractivity contribution is 0.717. The van der Waals surface area contributed by atoms with Gasteiger partial charge in [0.15, 0.2) is 0 Å². The average Bonchev–Trinajstić information content (AvgIpc) is 2.33. The molecule has 0 bridgehead atoms. The number of hydrogen-bond acceptors (Lipinski definition) is 4. The van der Waals surface area contributed by atoms with Gasteiger partial charge in [0.1, 0.15) is 0 Å². The van der Waals surface area contributed by atoms with E-state index in [4.69, 9.17) is 11.5 Å². The van der Waals surface area contributed by atoms with E-state index >= 15 is 0 Å². The number of pyridine rings is 2. The highest BCUT2D eigenvalue weighted by Crippen LogP contribution is 2.18. The maximum atomic E-state index is 6.07. The SMILES string of the molecule is Nc1ccncc1CC(N)c1cccnc1. The van der Waals surface area contributed by atoms with Crippen LogP contribution < -0.4 is 11.5 Å². The van der Waals surface area contributed by atoms with Gasteiger partial charge in [-0.25, -0.2) is 0 Å². The van der Waals surface area contributed by atoms with Gasteiger partial charge in [0, 0.05) is 36.5 Å². The van der Waals surface area contributed by atoms with Crippen molar-refractivity contribution in [1.29, 1.82) is 0 Å². The van der Waals surface area contributed by atoms with E-state index in [1.807, 2.05) is 12.1 Å². The predicted molar refractivity (Wildman–Crippen MR) is 63.5 cm³/mol. The molecular weight excluding hydrogens is 200 g/mol. The van der Waals surface area contributed by atoms with Crippen molar-refractivity contribution in [3.8, 4) is 0 Å². The molecule has 0 fully saturated rings. The van der Waals surface area contributed by atoms with E-state index in [1.54, 1.807) is 30.9 Å². The first-order valence-electron chi connectivity index (χ1n) is 5.11. The monoisotopic (exact) mass is 214 g/mol. The van der Waals surface area contributed by atoms with E-state index in [0.29, 0.717) is 6.42 Å². The maximum Gasteiger partial charge on any atom is 0.0378 e. The third-order valence-electron chi connectivity index (χ3n) is 2.49. The molecule has 1 atom stereocenters. The molecule has 16 heavy (non-hydrogen) atoms. The van der Waals surface area contributed by atoms with Crippen LogP contribution in [0, 0.1) is 0 Å². The first-order chi connectivity index (χ1) is 7.77. The van der Waals surface area contributed by atoms with Gasteiger partial charge in [-0.15, -0.1) is 0 Å². The minimum atomic E-state index is -0.0970. The Kier molecular flexibility index (Phi) is 3.12. The molecule has 0 amide bonds. The van der Waals surface area contributed by atoms with Crippen LogP contribution >= 0.6 is 0 Å². The predicted octanol–water partition coefficient (Wildman–Crippen LogP) is 1.30. The topological polar surface area (TPSA) is 77.8 Å². The van der Waals surface area contributed by atoms with E-state index in [9.17, 15) is 0 Å². The molecule has 4 heteroatoms. The minimum Gasteiger partial charge on any atom is -0.398 e. The Labute approximate surface area is 94.3 Å². The van der Waals surface area contributed by atoms with Crippen LogP contribution in [0.25, 0.3) is 0 Å². The van der Waals surface area contributed by atoms with E-state index in [2.05, 4.69) is 9.97 Å². The van der Waals surface area contributed by atoms with Crippen molar-refractivity contribution in [3.05, 3.63) is 54.1 Å². The fraction of sp³-hybridized carbons (Fsp3) is 0.167. The van der Waals surface area contributed by atoms with E-state index in [-0.39, 0.29) is 6.04 Å². The van der Waals surface area contributed by atoms with Gasteiger partial charge >= 0.3 is 0 Å². The molecule has 0 aliphatic carbocycles. The Hall–Kier alpha value is -1.94. The second-order valence-electron chi connectivity index (χ2n) is 3.67. The smallest absolute Gasteiger partial charge is 0.0378 e. The van der Waals surface area contributed by atoms with E-state index in [0.717, 1.165) is 16.8 Å². The summed E-state index contributed by atoms with van der Waals surface area (Å²) in [5, 5.41) is 0. The third-order valence-corrected chi connectivity index (χ3v) is 2.49. The molecule has 0 aliphatic heterocycles. The van der Waals surface area contributed by atoms with Gasteiger partial charge in [0.2, 0.25) is 0 Å². The zero-order chi connectivity index (χ0) is 11.4. The number of aromatic nitrogens is 2. The number of nitrogen functional groups attached to an aromatic ring is 1. The number of hydrogen-bond donors (Lipinski definition) is 2. The first-order valence-corrected chi connectivity index (χ1v) is 5.11. The zero-order valence-corrected chi connectivity index (χ0v) is 8.88. The normalized spacial score (nSPS) is 12.3. The van der Waals surface area contributed by atoms with Gasteiger partial charge in [0.25, 0.3) is 0 Å². The van der Waals surface area contributed by atoms with Crippen molar-refractivity contribution >= 4 is 5.69 Å². The van der Waals surface area contributed by atoms with Crippen LogP contribution in [0.1, 0.15) is 17.2 Å². The average molecular weight is 214 g/mol. The van der Waals surface area contributed by atoms with Crippen molar-refractivity contribution in [2.75, 3.05) is 5.73 Å². The summed E-state index contributed by atoms with van der Waals surface area (Å²) in [6.07, 6.45) is 7.61. The lowest BCUT2D eigenvalue weighted by atomic mass is 10.0. The fourth-order valence-electron chi connectivity index (χ4n) is 1.56. The lowest BCUT2D eigenvalue weighted by Gasteiger charge is -2.12. The summed E-state index contributed by atoms with van der Waals surface area (Å²) in [5.41, 5.74) is 14.6. The third kappa shape index (κ3) is 2.35. The summed E-state index contributed by atoms with van der Waals surface area (Å²) in [5.74, 6) is 0. The quantitative estimate of drug-likeness (QED) is 0.807. The van der Waals surface area contributed by atoms with Crippen LogP contribution in [0.2, 0.25) is 0 Å². The largest absolute Gasteiger partial charge is 0.398 e. The molecular formula is C12H14N4. The molecule has 2 aromatic rings. The molecule has 4 N–H and O–H groups in total. The van der Waals surface area contributed by atoms with Crippen molar-refractivity contribution in [3.63, 3.8) is 0 Å².